The smallest absolute Gasteiger partial charge is 0.290 e. The van der Waals surface area contributed by atoms with Gasteiger partial charge in [-0.3, -0.25) is 4.79 Å². The molecule has 2 aromatic carbocycles. The molecule has 0 radical (unpaired) electrons. The summed E-state index contributed by atoms with van der Waals surface area (Å²) in [5, 5.41) is 15.3. The summed E-state index contributed by atoms with van der Waals surface area (Å²) in [6, 6.07) is 16.2. The summed E-state index contributed by atoms with van der Waals surface area (Å²) in [5.74, 6) is 0.105. The molecule has 3 unspecified atom stereocenters. The van der Waals surface area contributed by atoms with Crippen LogP contribution < -0.4 is 5.32 Å². The lowest BCUT2D eigenvalue weighted by Gasteiger charge is -2.52. The maximum Gasteiger partial charge on any atom is 0.290 e. The molecule has 2 aliphatic heterocycles. The lowest BCUT2D eigenvalue weighted by molar-refractivity contribution is -0.110. The molecule has 3 atom stereocenters. The van der Waals surface area contributed by atoms with Crippen molar-refractivity contribution in [2.75, 3.05) is 13.1 Å². The van der Waals surface area contributed by atoms with Crippen LogP contribution in [0.2, 0.25) is 0 Å². The first-order valence-electron chi connectivity index (χ1n) is 12.7. The number of fused-ring (bicyclic) bond motifs is 2. The van der Waals surface area contributed by atoms with E-state index in [2.05, 4.69) is 5.32 Å². The number of rotatable bonds is 3. The molecule has 6 rings (SSSR count). The number of carbonyl (C=O) groups is 1. The molecule has 0 spiro atoms. The van der Waals surface area contributed by atoms with Gasteiger partial charge in [-0.25, -0.2) is 9.37 Å². The highest BCUT2D eigenvalue weighted by Crippen LogP contribution is 2.47. The summed E-state index contributed by atoms with van der Waals surface area (Å²) in [5.41, 5.74) is 2.54. The standard InChI is InChI=1S/C28H31FN4O2.ClH/c29-21-12-10-19(11-13-21)25-24-18-30-15-17-32(24)26(31-25)27(34)33-16-14-28(35,20-6-2-1-3-7-20)22-8-4-5-9-23(22)33;/h1-3,6-7,10-13,22-23,30,35H,4-5,8-9,14-18H2;1H. The zero-order chi connectivity index (χ0) is 24.0. The molecule has 8 heteroatoms. The Morgan fingerprint density at radius 3 is 2.58 bits per heavy atom. The van der Waals surface area contributed by atoms with Crippen molar-refractivity contribution in [2.24, 2.45) is 5.92 Å². The first-order chi connectivity index (χ1) is 17.1. The number of amides is 1. The van der Waals surface area contributed by atoms with Crippen LogP contribution in [0.5, 0.6) is 0 Å². The highest BCUT2D eigenvalue weighted by molar-refractivity contribution is 5.92. The first-order valence-corrected chi connectivity index (χ1v) is 12.7. The maximum absolute atomic E-state index is 14.1. The van der Waals surface area contributed by atoms with Gasteiger partial charge in [0.25, 0.3) is 5.91 Å². The van der Waals surface area contributed by atoms with Crippen LogP contribution in [-0.4, -0.2) is 44.6 Å². The van der Waals surface area contributed by atoms with E-state index in [1.165, 1.54) is 12.1 Å². The Bertz CT molecular complexity index is 1230. The third-order valence-corrected chi connectivity index (χ3v) is 8.20. The van der Waals surface area contributed by atoms with Crippen molar-refractivity contribution in [3.63, 3.8) is 0 Å². The molecular formula is C28H32ClFN4O2. The number of likely N-dealkylation sites (tertiary alicyclic amines) is 1. The molecule has 36 heavy (non-hydrogen) atoms. The number of aromatic nitrogens is 2. The monoisotopic (exact) mass is 510 g/mol. The van der Waals surface area contributed by atoms with Crippen molar-refractivity contribution in [3.8, 4) is 11.3 Å². The SMILES string of the molecule is Cl.O=C(c1nc(-c2ccc(F)cc2)c2n1CCNC2)N1CCC(O)(c2ccccc2)C2CCCCC21. The van der Waals surface area contributed by atoms with Crippen molar-refractivity contribution >= 4 is 18.3 Å². The molecule has 6 nitrogen and oxygen atoms in total. The van der Waals surface area contributed by atoms with Gasteiger partial charge in [-0.05, 0) is 49.1 Å². The van der Waals surface area contributed by atoms with Gasteiger partial charge in [-0.2, -0.15) is 0 Å². The number of halogens is 2. The van der Waals surface area contributed by atoms with Gasteiger partial charge in [-0.1, -0.05) is 43.2 Å². The fourth-order valence-electron chi connectivity index (χ4n) is 6.46. The quantitative estimate of drug-likeness (QED) is 0.544. The van der Waals surface area contributed by atoms with E-state index in [-0.39, 0.29) is 36.1 Å². The minimum absolute atomic E-state index is 0. The Morgan fingerprint density at radius 2 is 1.81 bits per heavy atom. The van der Waals surface area contributed by atoms with Crippen LogP contribution in [0.1, 0.15) is 54.0 Å². The molecule has 2 N–H and O–H groups in total. The zero-order valence-corrected chi connectivity index (χ0v) is 21.0. The number of carbonyl (C=O) groups excluding carboxylic acids is 1. The van der Waals surface area contributed by atoms with Gasteiger partial charge in [0.2, 0.25) is 0 Å². The lowest BCUT2D eigenvalue weighted by Crippen LogP contribution is -2.59. The summed E-state index contributed by atoms with van der Waals surface area (Å²) < 4.78 is 15.6. The summed E-state index contributed by atoms with van der Waals surface area (Å²) in [7, 11) is 0. The number of nitrogens with one attached hydrogen (secondary N) is 1. The third kappa shape index (κ3) is 4.13. The summed E-state index contributed by atoms with van der Waals surface area (Å²) in [4.78, 5) is 20.9. The number of hydrogen-bond donors (Lipinski definition) is 2. The summed E-state index contributed by atoms with van der Waals surface area (Å²) in [6.07, 6.45) is 4.44. The Labute approximate surface area is 216 Å². The van der Waals surface area contributed by atoms with Crippen LogP contribution in [0, 0.1) is 11.7 Å². The third-order valence-electron chi connectivity index (χ3n) is 8.20. The molecule has 3 aliphatic rings. The molecule has 190 valence electrons. The van der Waals surface area contributed by atoms with Crippen molar-refractivity contribution in [1.82, 2.24) is 19.8 Å². The number of hydrogen-bond acceptors (Lipinski definition) is 4. The van der Waals surface area contributed by atoms with E-state index < -0.39 is 5.60 Å². The highest BCUT2D eigenvalue weighted by Gasteiger charge is 2.50. The predicted molar refractivity (Wildman–Crippen MR) is 138 cm³/mol. The fraction of sp³-hybridized carbons (Fsp3) is 0.429. The minimum atomic E-state index is -0.918. The van der Waals surface area contributed by atoms with E-state index in [0.29, 0.717) is 31.9 Å². The van der Waals surface area contributed by atoms with Gasteiger partial charge in [-0.15, -0.1) is 12.4 Å². The van der Waals surface area contributed by atoms with E-state index in [9.17, 15) is 14.3 Å². The van der Waals surface area contributed by atoms with E-state index in [1.807, 2.05) is 39.8 Å². The molecular weight excluding hydrogens is 479 g/mol. The number of piperidine rings is 1. The summed E-state index contributed by atoms with van der Waals surface area (Å²) >= 11 is 0. The fourth-order valence-corrected chi connectivity index (χ4v) is 6.46. The van der Waals surface area contributed by atoms with E-state index in [1.54, 1.807) is 12.1 Å². The first kappa shape index (κ1) is 24.9. The molecule has 3 heterocycles. The second-order valence-corrected chi connectivity index (χ2v) is 10.1. The number of imidazole rings is 1. The molecule has 2 fully saturated rings. The predicted octanol–water partition coefficient (Wildman–Crippen LogP) is 4.51. The molecule has 0 bridgehead atoms. The van der Waals surface area contributed by atoms with Crippen LogP contribution in [0.15, 0.2) is 54.6 Å². The minimum Gasteiger partial charge on any atom is -0.385 e. The largest absolute Gasteiger partial charge is 0.385 e. The van der Waals surface area contributed by atoms with Crippen LogP contribution >= 0.6 is 12.4 Å². The topological polar surface area (TPSA) is 70.4 Å². The van der Waals surface area contributed by atoms with E-state index in [4.69, 9.17) is 4.98 Å². The van der Waals surface area contributed by atoms with Gasteiger partial charge in [0.15, 0.2) is 5.82 Å². The number of benzene rings is 2. The Morgan fingerprint density at radius 1 is 1.06 bits per heavy atom. The second kappa shape index (κ2) is 9.96. The second-order valence-electron chi connectivity index (χ2n) is 10.1. The Balaban J connectivity index is 0.00000267. The zero-order valence-electron chi connectivity index (χ0n) is 20.2. The van der Waals surface area contributed by atoms with Gasteiger partial charge in [0.1, 0.15) is 5.82 Å². The van der Waals surface area contributed by atoms with Crippen LogP contribution in [0.25, 0.3) is 11.3 Å². The van der Waals surface area contributed by atoms with Crippen molar-refractivity contribution < 1.29 is 14.3 Å². The molecule has 1 aliphatic carbocycles. The van der Waals surface area contributed by atoms with E-state index in [0.717, 1.165) is 54.7 Å². The van der Waals surface area contributed by atoms with Gasteiger partial charge >= 0.3 is 0 Å². The van der Waals surface area contributed by atoms with Crippen molar-refractivity contribution in [2.45, 2.75) is 56.8 Å². The van der Waals surface area contributed by atoms with Gasteiger partial charge < -0.3 is 19.9 Å². The van der Waals surface area contributed by atoms with Crippen LogP contribution in [-0.2, 0) is 18.7 Å². The van der Waals surface area contributed by atoms with Crippen molar-refractivity contribution in [3.05, 3.63) is 77.5 Å². The molecule has 1 amide bonds. The lowest BCUT2D eigenvalue weighted by atomic mass is 9.66. The van der Waals surface area contributed by atoms with Crippen LogP contribution in [0.3, 0.4) is 0 Å². The van der Waals surface area contributed by atoms with Gasteiger partial charge in [0, 0.05) is 43.7 Å². The summed E-state index contributed by atoms with van der Waals surface area (Å²) in [6.45, 7) is 2.55. The molecule has 1 saturated carbocycles. The molecule has 1 saturated heterocycles. The Hall–Kier alpha value is -2.74. The van der Waals surface area contributed by atoms with Gasteiger partial charge in [0.05, 0.1) is 17.0 Å². The Kier molecular flexibility index (Phi) is 6.90. The number of nitrogens with zero attached hydrogens (tertiary/aromatic N) is 3. The maximum atomic E-state index is 14.1. The normalized spacial score (nSPS) is 25.4. The van der Waals surface area contributed by atoms with Crippen molar-refractivity contribution in [1.29, 1.82) is 0 Å². The van der Waals surface area contributed by atoms with Crippen LogP contribution in [0.4, 0.5) is 4.39 Å². The van der Waals surface area contributed by atoms with E-state index >= 15 is 0 Å². The average molecular weight is 511 g/mol. The highest BCUT2D eigenvalue weighted by atomic mass is 35.5. The average Bonchev–Trinajstić information content (AvgIpc) is 3.29. The molecule has 3 aromatic rings. The number of aliphatic hydroxyl groups is 1. The molecule has 1 aromatic heterocycles.